The molecule has 7 heavy (non-hydrogen) atoms. The van der Waals surface area contributed by atoms with Gasteiger partial charge in [-0.25, -0.2) is 0 Å². The molecule has 0 aromatic heterocycles. The molecule has 1 rings (SSSR count). The average Bonchev–Trinajstić information content (AvgIpc) is 2.14. The Balaban J connectivity index is 2.36. The first kappa shape index (κ1) is 4.50. The Morgan fingerprint density at radius 1 is 1.86 bits per heavy atom. The number of hydrogen-bond donors (Lipinski definition) is 0. The molecule has 0 unspecified atom stereocenters. The summed E-state index contributed by atoms with van der Waals surface area (Å²) in [6.07, 6.45) is 3.03. The molecule has 2 nitrogen and oxygen atoms in total. The molecule has 2 heteroatoms. The van der Waals surface area contributed by atoms with Crippen molar-refractivity contribution >= 4 is 0 Å². The summed E-state index contributed by atoms with van der Waals surface area (Å²) in [4.78, 5) is 0. The molecule has 0 atom stereocenters. The second-order valence-corrected chi connectivity index (χ2v) is 1.42. The van der Waals surface area contributed by atoms with E-state index < -0.39 is 0 Å². The summed E-state index contributed by atoms with van der Waals surface area (Å²) < 4.78 is 4.81. The van der Waals surface area contributed by atoms with Crippen molar-refractivity contribution < 1.29 is 4.74 Å². The summed E-state index contributed by atoms with van der Waals surface area (Å²) >= 11 is 0. The van der Waals surface area contributed by atoms with Crippen molar-refractivity contribution in [1.82, 2.24) is 5.32 Å². The van der Waals surface area contributed by atoms with E-state index in [9.17, 15) is 0 Å². The predicted octanol–water partition coefficient (Wildman–Crippen LogP) is 0.482. The third-order valence-electron chi connectivity index (χ3n) is 0.925. The van der Waals surface area contributed by atoms with Crippen molar-refractivity contribution in [2.24, 2.45) is 0 Å². The van der Waals surface area contributed by atoms with E-state index in [0.29, 0.717) is 0 Å². The molecular weight excluding hydrogens is 90.1 g/mol. The number of ether oxygens (including phenoxy) is 1. The van der Waals surface area contributed by atoms with Crippen molar-refractivity contribution in [2.45, 2.75) is 6.42 Å². The smallest absolute Gasteiger partial charge is 0.204 e. The Morgan fingerprint density at radius 3 is 3.00 bits per heavy atom. The first-order valence-corrected chi connectivity index (χ1v) is 2.35. The Bertz CT molecular complexity index is 88.1. The highest BCUT2D eigenvalue weighted by Gasteiger charge is 2.01. The van der Waals surface area contributed by atoms with Gasteiger partial charge in [0.2, 0.25) is 5.88 Å². The average molecular weight is 98.1 g/mol. The Morgan fingerprint density at radius 2 is 2.71 bits per heavy atom. The van der Waals surface area contributed by atoms with Crippen molar-refractivity contribution in [3.8, 4) is 0 Å². The van der Waals surface area contributed by atoms with Gasteiger partial charge in [-0.3, -0.25) is 5.32 Å². The zero-order chi connectivity index (χ0) is 5.11. The van der Waals surface area contributed by atoms with Gasteiger partial charge in [0.1, 0.15) is 0 Å². The molecule has 0 saturated heterocycles. The summed E-state index contributed by atoms with van der Waals surface area (Å²) in [5.41, 5.74) is 0. The highest BCUT2D eigenvalue weighted by molar-refractivity contribution is 4.96. The number of rotatable bonds is 1. The van der Waals surface area contributed by atoms with Gasteiger partial charge in [0.05, 0.1) is 7.11 Å². The van der Waals surface area contributed by atoms with Gasteiger partial charge in [0, 0.05) is 6.54 Å². The van der Waals surface area contributed by atoms with Gasteiger partial charge in [-0.1, -0.05) is 0 Å². The molecule has 39 valence electrons. The summed E-state index contributed by atoms with van der Waals surface area (Å²) in [5, 5.41) is 3.99. The molecule has 0 aromatic carbocycles. The fraction of sp³-hybridized carbons (Fsp3) is 0.600. The quantitative estimate of drug-likeness (QED) is 0.468. The topological polar surface area (TPSA) is 23.3 Å². The molecule has 0 spiro atoms. The molecule has 0 fully saturated rings. The highest BCUT2D eigenvalue weighted by atomic mass is 16.5. The van der Waals surface area contributed by atoms with Crippen LogP contribution in [0.1, 0.15) is 6.42 Å². The van der Waals surface area contributed by atoms with Crippen molar-refractivity contribution in [3.63, 3.8) is 0 Å². The first-order valence-electron chi connectivity index (χ1n) is 2.35. The molecule has 0 aromatic rings. The van der Waals surface area contributed by atoms with Gasteiger partial charge < -0.3 is 4.74 Å². The van der Waals surface area contributed by atoms with E-state index in [1.54, 1.807) is 7.11 Å². The summed E-state index contributed by atoms with van der Waals surface area (Å²) in [5.74, 6) is 0.792. The lowest BCUT2D eigenvalue weighted by atomic mass is 10.5. The van der Waals surface area contributed by atoms with Gasteiger partial charge >= 0.3 is 0 Å². The lowest BCUT2D eigenvalue weighted by molar-refractivity contribution is 0.268. The number of methoxy groups -OCH3 is 1. The van der Waals surface area contributed by atoms with Crippen LogP contribution in [0.4, 0.5) is 0 Å². The van der Waals surface area contributed by atoms with Crippen molar-refractivity contribution in [3.05, 3.63) is 12.0 Å². The van der Waals surface area contributed by atoms with Crippen LogP contribution in [0.5, 0.6) is 0 Å². The summed E-state index contributed by atoms with van der Waals surface area (Å²) in [7, 11) is 1.64. The Labute approximate surface area is 43.2 Å². The van der Waals surface area contributed by atoms with Crippen LogP contribution in [0.15, 0.2) is 12.0 Å². The van der Waals surface area contributed by atoms with E-state index in [-0.39, 0.29) is 0 Å². The fourth-order valence-electron chi connectivity index (χ4n) is 0.575. The Hall–Kier alpha value is -0.660. The molecule has 0 N–H and O–H groups in total. The molecule has 0 saturated carbocycles. The SMILES string of the molecule is COC1=CCC[N]1. The summed E-state index contributed by atoms with van der Waals surface area (Å²) in [6.45, 7) is 0.906. The van der Waals surface area contributed by atoms with E-state index in [1.165, 1.54) is 0 Å². The van der Waals surface area contributed by atoms with E-state index in [2.05, 4.69) is 5.32 Å². The third-order valence-corrected chi connectivity index (χ3v) is 0.925. The number of hydrogen-bond acceptors (Lipinski definition) is 1. The van der Waals surface area contributed by atoms with Crippen LogP contribution in [0.25, 0.3) is 0 Å². The van der Waals surface area contributed by atoms with Crippen LogP contribution in [0.3, 0.4) is 0 Å². The van der Waals surface area contributed by atoms with E-state index in [1.807, 2.05) is 6.08 Å². The molecule has 0 amide bonds. The maximum atomic E-state index is 4.81. The normalized spacial score (nSPS) is 18.1. The highest BCUT2D eigenvalue weighted by Crippen LogP contribution is 2.01. The molecular formula is C5H8NO. The Kier molecular flexibility index (Phi) is 1.20. The zero-order valence-corrected chi connectivity index (χ0v) is 4.35. The second kappa shape index (κ2) is 1.87. The maximum absolute atomic E-state index is 4.81. The van der Waals surface area contributed by atoms with Crippen LogP contribution >= 0.6 is 0 Å². The zero-order valence-electron chi connectivity index (χ0n) is 4.35. The number of nitrogens with zero attached hydrogens (tertiary/aromatic N) is 1. The van der Waals surface area contributed by atoms with Gasteiger partial charge in [0.15, 0.2) is 0 Å². The molecule has 1 aliphatic rings. The third kappa shape index (κ3) is 0.856. The predicted molar refractivity (Wildman–Crippen MR) is 26.7 cm³/mol. The van der Waals surface area contributed by atoms with Crippen LogP contribution in [-0.4, -0.2) is 13.7 Å². The lowest BCUT2D eigenvalue weighted by Gasteiger charge is -1.94. The van der Waals surface area contributed by atoms with Crippen LogP contribution in [-0.2, 0) is 4.74 Å². The lowest BCUT2D eigenvalue weighted by Crippen LogP contribution is -1.98. The van der Waals surface area contributed by atoms with Crippen molar-refractivity contribution in [2.75, 3.05) is 13.7 Å². The first-order chi connectivity index (χ1) is 3.43. The molecule has 1 heterocycles. The minimum atomic E-state index is 0.792. The monoisotopic (exact) mass is 98.1 g/mol. The molecule has 1 radical (unpaired) electrons. The van der Waals surface area contributed by atoms with Crippen molar-refractivity contribution in [1.29, 1.82) is 0 Å². The van der Waals surface area contributed by atoms with Crippen LogP contribution in [0, 0.1) is 0 Å². The van der Waals surface area contributed by atoms with Gasteiger partial charge in [-0.05, 0) is 12.5 Å². The standard InChI is InChI=1S/C5H8NO/c1-7-5-3-2-4-6-5/h3H,2,4H2,1H3. The molecule has 0 bridgehead atoms. The van der Waals surface area contributed by atoms with Gasteiger partial charge in [-0.2, -0.15) is 0 Å². The minimum Gasteiger partial charge on any atom is -0.481 e. The van der Waals surface area contributed by atoms with Crippen LogP contribution in [0.2, 0.25) is 0 Å². The fourth-order valence-corrected chi connectivity index (χ4v) is 0.575. The van der Waals surface area contributed by atoms with E-state index >= 15 is 0 Å². The van der Waals surface area contributed by atoms with E-state index in [0.717, 1.165) is 18.8 Å². The summed E-state index contributed by atoms with van der Waals surface area (Å²) in [6, 6.07) is 0. The van der Waals surface area contributed by atoms with Gasteiger partial charge in [-0.15, -0.1) is 0 Å². The van der Waals surface area contributed by atoms with Crippen LogP contribution < -0.4 is 5.32 Å². The second-order valence-electron chi connectivity index (χ2n) is 1.42. The minimum absolute atomic E-state index is 0.792. The van der Waals surface area contributed by atoms with E-state index in [4.69, 9.17) is 4.74 Å². The molecule has 0 aliphatic carbocycles. The molecule has 1 aliphatic heterocycles. The van der Waals surface area contributed by atoms with Gasteiger partial charge in [0.25, 0.3) is 0 Å². The maximum Gasteiger partial charge on any atom is 0.204 e. The largest absolute Gasteiger partial charge is 0.481 e.